The molecule has 75 heavy (non-hydrogen) atoms. The molecule has 0 unspecified atom stereocenters. The predicted molar refractivity (Wildman–Crippen MR) is 326 cm³/mol. The van der Waals surface area contributed by atoms with Gasteiger partial charge in [0.05, 0.1) is 16.7 Å². The molecule has 4 heterocycles. The molecule has 0 N–H and O–H groups in total. The van der Waals surface area contributed by atoms with Gasteiger partial charge in [-0.1, -0.05) is 165 Å². The van der Waals surface area contributed by atoms with E-state index < -0.39 is 0 Å². The lowest BCUT2D eigenvalue weighted by molar-refractivity contribution is 0.590. The number of hydrogen-bond acceptors (Lipinski definition) is 4. The molecule has 6 heteroatoms. The quantitative estimate of drug-likeness (QED) is 0.154. The number of nitrogens with zero attached hydrogens (tertiary/aromatic N) is 4. The average Bonchev–Trinajstić information content (AvgIpc) is 3.98. The Balaban J connectivity index is 1.08. The summed E-state index contributed by atoms with van der Waals surface area (Å²) < 4.78 is 5.10. The number of aromatic nitrogens is 1. The Bertz CT molecular complexity index is 4010. The summed E-state index contributed by atoms with van der Waals surface area (Å²) in [5.74, 6) is 0. The zero-order chi connectivity index (χ0) is 51.7. The summed E-state index contributed by atoms with van der Waals surface area (Å²) in [6.07, 6.45) is 0. The zero-order valence-corrected chi connectivity index (χ0v) is 45.6. The van der Waals surface area contributed by atoms with Gasteiger partial charge in [0, 0.05) is 76.8 Å². The van der Waals surface area contributed by atoms with Crippen molar-refractivity contribution in [3.63, 3.8) is 0 Å². The van der Waals surface area contributed by atoms with E-state index in [2.05, 4.69) is 289 Å². The van der Waals surface area contributed by atoms with Crippen LogP contribution in [-0.2, 0) is 16.2 Å². The van der Waals surface area contributed by atoms with Crippen molar-refractivity contribution in [3.05, 3.63) is 222 Å². The molecule has 0 amide bonds. The van der Waals surface area contributed by atoms with E-state index in [-0.39, 0.29) is 23.0 Å². The lowest BCUT2D eigenvalue weighted by Crippen LogP contribution is -2.60. The number of para-hydroxylation sites is 2. The van der Waals surface area contributed by atoms with Crippen LogP contribution in [0.1, 0.15) is 84.6 Å². The van der Waals surface area contributed by atoms with Crippen molar-refractivity contribution in [2.45, 2.75) is 85.5 Å². The largest absolute Gasteiger partial charge is 0.311 e. The van der Waals surface area contributed by atoms with Gasteiger partial charge in [-0.25, -0.2) is 0 Å². The van der Waals surface area contributed by atoms with Crippen LogP contribution in [0.4, 0.5) is 51.2 Å². The zero-order valence-electron chi connectivity index (χ0n) is 44.8. The standard InChI is InChI=1S/C69H63BN4S/c1-44-40-61-64-62(41-44)74(51-34-28-47(29-35-51)69(8,9)10)65-56-21-15-17-23-63(56)75-66(65)70(64)57-39-37-53(43-60(57)73(61)50-32-26-46(27-33-50)68(5,6)7)71(49-30-24-45(25-31-49)67(2,3)4)52-36-38-55-54-20-14-16-22-58(54)72(59(55)42-52)48-18-12-11-13-19-48/h11-43H,1-10H3. The molecule has 2 aliphatic rings. The van der Waals surface area contributed by atoms with Gasteiger partial charge in [0.1, 0.15) is 0 Å². The number of hydrogen-bond donors (Lipinski definition) is 0. The van der Waals surface area contributed by atoms with E-state index in [0.29, 0.717) is 0 Å². The number of thiophene rings is 1. The molecule has 2 aromatic heterocycles. The fourth-order valence-corrected chi connectivity index (χ4v) is 13.3. The maximum Gasteiger partial charge on any atom is 0.264 e. The van der Waals surface area contributed by atoms with Gasteiger partial charge in [0.25, 0.3) is 6.71 Å². The van der Waals surface area contributed by atoms with Gasteiger partial charge in [0.15, 0.2) is 0 Å². The SMILES string of the molecule is Cc1cc2c3c(c1)N(c1ccc(C(C)(C)C)cc1)c1c(sc4ccccc14)B3c1ccc(N(c3ccc(C(C)(C)C)cc3)c3ccc4c5ccccc5n(-c5ccccc5)c4c3)cc1N2c1ccc(C(C)(C)C)cc1. The molecular formula is C69H63BN4S. The summed E-state index contributed by atoms with van der Waals surface area (Å²) in [6.45, 7) is 23.0. The molecule has 0 saturated heterocycles. The summed E-state index contributed by atoms with van der Waals surface area (Å²) in [5, 5.41) is 3.76. The second-order valence-electron chi connectivity index (χ2n) is 24.0. The van der Waals surface area contributed by atoms with Gasteiger partial charge in [-0.15, -0.1) is 11.3 Å². The van der Waals surface area contributed by atoms with E-state index in [4.69, 9.17) is 0 Å². The molecule has 0 radical (unpaired) electrons. The van der Waals surface area contributed by atoms with Crippen molar-refractivity contribution in [3.8, 4) is 5.69 Å². The molecule has 13 rings (SSSR count). The number of rotatable bonds is 6. The Morgan fingerprint density at radius 2 is 0.920 bits per heavy atom. The molecule has 368 valence electrons. The van der Waals surface area contributed by atoms with Crippen LogP contribution in [0.25, 0.3) is 37.6 Å². The van der Waals surface area contributed by atoms with Gasteiger partial charge in [-0.2, -0.15) is 0 Å². The maximum atomic E-state index is 2.58. The van der Waals surface area contributed by atoms with Crippen molar-refractivity contribution < 1.29 is 0 Å². The first kappa shape index (κ1) is 47.0. The van der Waals surface area contributed by atoms with Crippen LogP contribution in [0, 0.1) is 6.92 Å². The summed E-state index contributed by atoms with van der Waals surface area (Å²) in [5.41, 5.74) is 21.9. The van der Waals surface area contributed by atoms with E-state index in [0.717, 1.165) is 28.4 Å². The molecular weight excluding hydrogens is 928 g/mol. The highest BCUT2D eigenvalue weighted by molar-refractivity contribution is 7.33. The van der Waals surface area contributed by atoms with Crippen molar-refractivity contribution in [2.24, 2.45) is 0 Å². The normalized spacial score (nSPS) is 13.4. The minimum atomic E-state index is -0.000282. The van der Waals surface area contributed by atoms with Crippen LogP contribution >= 0.6 is 11.3 Å². The Labute approximate surface area is 447 Å². The van der Waals surface area contributed by atoms with E-state index in [9.17, 15) is 0 Å². The fraction of sp³-hybridized carbons (Fsp3) is 0.188. The number of fused-ring (bicyclic) bond motifs is 9. The monoisotopic (exact) mass is 990 g/mol. The van der Waals surface area contributed by atoms with Crippen LogP contribution < -0.4 is 30.4 Å². The van der Waals surface area contributed by atoms with E-state index >= 15 is 0 Å². The third-order valence-electron chi connectivity index (χ3n) is 15.9. The highest BCUT2D eigenvalue weighted by atomic mass is 32.1. The molecule has 9 aromatic carbocycles. The summed E-state index contributed by atoms with van der Waals surface area (Å²) in [4.78, 5) is 7.63. The fourth-order valence-electron chi connectivity index (χ4n) is 12.0. The van der Waals surface area contributed by atoms with Gasteiger partial charge in [0.2, 0.25) is 0 Å². The van der Waals surface area contributed by atoms with Crippen LogP contribution in [0.15, 0.2) is 200 Å². The van der Waals surface area contributed by atoms with Crippen LogP contribution in [-0.4, -0.2) is 11.3 Å². The minimum absolute atomic E-state index is 0.000282. The maximum absolute atomic E-state index is 2.58. The first-order chi connectivity index (χ1) is 36.0. The molecule has 0 bridgehead atoms. The molecule has 2 aliphatic heterocycles. The average molecular weight is 991 g/mol. The second kappa shape index (κ2) is 17.1. The molecule has 0 aliphatic carbocycles. The lowest BCUT2D eigenvalue weighted by Gasteiger charge is -2.44. The first-order valence-electron chi connectivity index (χ1n) is 26.6. The minimum Gasteiger partial charge on any atom is -0.311 e. The Morgan fingerprint density at radius 3 is 1.56 bits per heavy atom. The predicted octanol–water partition coefficient (Wildman–Crippen LogP) is 17.8. The highest BCUT2D eigenvalue weighted by Crippen LogP contribution is 2.50. The van der Waals surface area contributed by atoms with Gasteiger partial charge in [-0.3, -0.25) is 0 Å². The summed E-state index contributed by atoms with van der Waals surface area (Å²) in [6, 6.07) is 75.9. The lowest BCUT2D eigenvalue weighted by atomic mass is 9.36. The van der Waals surface area contributed by atoms with Crippen LogP contribution in [0.2, 0.25) is 0 Å². The third-order valence-corrected chi connectivity index (χ3v) is 17.1. The topological polar surface area (TPSA) is 14.7 Å². The Morgan fingerprint density at radius 1 is 0.413 bits per heavy atom. The van der Waals surface area contributed by atoms with Gasteiger partial charge >= 0.3 is 0 Å². The van der Waals surface area contributed by atoms with Crippen molar-refractivity contribution in [1.29, 1.82) is 0 Å². The van der Waals surface area contributed by atoms with E-state index in [1.165, 1.54) is 98.3 Å². The van der Waals surface area contributed by atoms with Gasteiger partial charge < -0.3 is 19.3 Å². The third kappa shape index (κ3) is 7.70. The molecule has 0 saturated carbocycles. The Hall–Kier alpha value is -7.80. The van der Waals surface area contributed by atoms with E-state index in [1.807, 2.05) is 11.3 Å². The summed E-state index contributed by atoms with van der Waals surface area (Å²) in [7, 11) is 0. The molecule has 0 fully saturated rings. The second-order valence-corrected chi connectivity index (χ2v) is 25.1. The highest BCUT2D eigenvalue weighted by Gasteiger charge is 2.45. The molecule has 0 atom stereocenters. The molecule has 4 nitrogen and oxygen atoms in total. The Kier molecular flexibility index (Phi) is 10.7. The first-order valence-corrected chi connectivity index (χ1v) is 27.4. The van der Waals surface area contributed by atoms with Crippen molar-refractivity contribution in [2.75, 3.05) is 14.7 Å². The smallest absolute Gasteiger partial charge is 0.264 e. The number of aryl methyl sites for hydroxylation is 1. The van der Waals surface area contributed by atoms with Crippen molar-refractivity contribution in [1.82, 2.24) is 4.57 Å². The number of benzene rings is 9. The van der Waals surface area contributed by atoms with Crippen LogP contribution in [0.5, 0.6) is 0 Å². The molecule has 0 spiro atoms. The van der Waals surface area contributed by atoms with E-state index in [1.54, 1.807) is 0 Å². The van der Waals surface area contributed by atoms with Crippen molar-refractivity contribution >= 4 is 117 Å². The number of anilines is 9. The van der Waals surface area contributed by atoms with Gasteiger partial charge in [-0.05, 0) is 153 Å². The molecule has 11 aromatic rings. The summed E-state index contributed by atoms with van der Waals surface area (Å²) >= 11 is 1.95. The van der Waals surface area contributed by atoms with Crippen LogP contribution in [0.3, 0.4) is 0 Å².